The highest BCUT2D eigenvalue weighted by molar-refractivity contribution is 9.11. The summed E-state index contributed by atoms with van der Waals surface area (Å²) in [5, 5.41) is 9.06. The third kappa shape index (κ3) is 4.30. The zero-order valence-electron chi connectivity index (χ0n) is 18.2. The van der Waals surface area contributed by atoms with Crippen LogP contribution in [0.1, 0.15) is 24.8 Å². The highest BCUT2D eigenvalue weighted by Crippen LogP contribution is 2.54. The molecule has 2 aromatic heterocycles. The lowest BCUT2D eigenvalue weighted by atomic mass is 10.1. The van der Waals surface area contributed by atoms with E-state index in [9.17, 15) is 22.9 Å². The summed E-state index contributed by atoms with van der Waals surface area (Å²) in [6.07, 6.45) is 4.53. The molecule has 1 N–H and O–H groups in total. The highest BCUT2D eigenvalue weighted by Gasteiger charge is 2.61. The number of fused-ring (bicyclic) bond motifs is 3. The third-order valence-corrected chi connectivity index (χ3v) is 10.9. The summed E-state index contributed by atoms with van der Waals surface area (Å²) in [6, 6.07) is 7.27. The number of carbonyl (C=O) groups is 1. The number of aliphatic carboxylic acids is 1. The number of halogens is 2. The number of benzene rings is 1. The van der Waals surface area contributed by atoms with Gasteiger partial charge in [-0.15, -0.1) is 11.3 Å². The molecule has 2 aliphatic rings. The third-order valence-electron chi connectivity index (χ3n) is 6.24. The van der Waals surface area contributed by atoms with Crippen LogP contribution in [0.25, 0.3) is 15.6 Å². The SMILES string of the molecule is CCC(=Cc1sc2sc(Br)cc2[n+]1CC(=O)O)C=C1Oc2ccc(Br)cc2[N+]12CCC2S(=O)(=O)[O-]. The lowest BCUT2D eigenvalue weighted by Crippen LogP contribution is -2.67. The van der Waals surface area contributed by atoms with Crippen molar-refractivity contribution >= 4 is 91.9 Å². The Morgan fingerprint density at radius 2 is 2.11 bits per heavy atom. The van der Waals surface area contributed by atoms with Crippen LogP contribution in [-0.2, 0) is 21.5 Å². The number of thiazole rings is 1. The molecule has 1 aromatic carbocycles. The molecule has 1 spiro atoms. The van der Waals surface area contributed by atoms with Crippen molar-refractivity contribution in [2.24, 2.45) is 0 Å². The van der Waals surface area contributed by atoms with E-state index in [1.165, 1.54) is 22.7 Å². The molecule has 8 nitrogen and oxygen atoms in total. The fraction of sp³-hybridized carbons (Fsp3) is 0.273. The van der Waals surface area contributed by atoms with Crippen molar-refractivity contribution < 1.29 is 32.2 Å². The van der Waals surface area contributed by atoms with Gasteiger partial charge in [-0.3, -0.25) is 0 Å². The molecule has 0 amide bonds. The van der Waals surface area contributed by atoms with Crippen LogP contribution in [0.5, 0.6) is 5.75 Å². The molecule has 2 atom stereocenters. The van der Waals surface area contributed by atoms with Crippen molar-refractivity contribution in [1.29, 1.82) is 0 Å². The Labute approximate surface area is 226 Å². The van der Waals surface area contributed by atoms with E-state index >= 15 is 0 Å². The number of hydrogen-bond donors (Lipinski definition) is 1. The summed E-state index contributed by atoms with van der Waals surface area (Å²) in [5.74, 6) is -0.0461. The average molecular weight is 663 g/mol. The predicted molar refractivity (Wildman–Crippen MR) is 141 cm³/mol. The van der Waals surface area contributed by atoms with Gasteiger partial charge in [-0.1, -0.05) is 34.2 Å². The van der Waals surface area contributed by atoms with Crippen LogP contribution in [0.4, 0.5) is 5.69 Å². The van der Waals surface area contributed by atoms with E-state index in [0.29, 0.717) is 30.3 Å². The number of rotatable bonds is 6. The van der Waals surface area contributed by atoms with E-state index in [2.05, 4.69) is 31.9 Å². The van der Waals surface area contributed by atoms with Crippen LogP contribution in [0, 0.1) is 0 Å². The summed E-state index contributed by atoms with van der Waals surface area (Å²) in [6.45, 7) is 2.20. The van der Waals surface area contributed by atoms with Gasteiger partial charge in [0.1, 0.15) is 0 Å². The highest BCUT2D eigenvalue weighted by atomic mass is 79.9. The Morgan fingerprint density at radius 3 is 2.74 bits per heavy atom. The second-order valence-electron chi connectivity index (χ2n) is 8.24. The molecule has 1 saturated heterocycles. The van der Waals surface area contributed by atoms with Crippen LogP contribution in [0.15, 0.2) is 50.1 Å². The Bertz CT molecular complexity index is 1540. The maximum absolute atomic E-state index is 12.2. The number of hydrogen-bond acceptors (Lipinski definition) is 7. The average Bonchev–Trinajstić information content (AvgIpc) is 3.35. The van der Waals surface area contributed by atoms with Gasteiger partial charge in [-0.05, 0) is 40.1 Å². The van der Waals surface area contributed by atoms with Gasteiger partial charge in [0.25, 0.3) is 5.01 Å². The van der Waals surface area contributed by atoms with Gasteiger partial charge < -0.3 is 14.4 Å². The van der Waals surface area contributed by atoms with Crippen molar-refractivity contribution in [3.63, 3.8) is 0 Å². The lowest BCUT2D eigenvalue weighted by Gasteiger charge is -2.47. The molecule has 0 bridgehead atoms. The zero-order valence-corrected chi connectivity index (χ0v) is 23.9. The first kappa shape index (κ1) is 25.1. The molecule has 2 unspecified atom stereocenters. The maximum Gasteiger partial charge on any atom is 0.370 e. The minimum absolute atomic E-state index is 0.167. The van der Waals surface area contributed by atoms with Crippen LogP contribution in [-0.4, -0.2) is 36.0 Å². The van der Waals surface area contributed by atoms with Crippen LogP contribution in [0.2, 0.25) is 0 Å². The van der Waals surface area contributed by atoms with Crippen LogP contribution in [0.3, 0.4) is 0 Å². The number of carboxylic acid groups (broad SMARTS) is 1. The van der Waals surface area contributed by atoms with Crippen molar-refractivity contribution in [2.75, 3.05) is 6.54 Å². The maximum atomic E-state index is 12.2. The normalized spacial score (nSPS) is 23.0. The number of thiophene rings is 1. The Hall–Kier alpha value is -1.61. The van der Waals surface area contributed by atoms with Gasteiger partial charge in [0.15, 0.2) is 30.9 Å². The molecule has 0 aliphatic carbocycles. The molecule has 5 rings (SSSR count). The van der Waals surface area contributed by atoms with E-state index in [1.54, 1.807) is 28.8 Å². The first-order valence-corrected chi connectivity index (χ1v) is 15.3. The largest absolute Gasteiger partial charge is 0.743 e. The van der Waals surface area contributed by atoms with Gasteiger partial charge in [-0.2, -0.15) is 4.57 Å². The van der Waals surface area contributed by atoms with Gasteiger partial charge in [-0.25, -0.2) is 17.7 Å². The molecule has 3 aromatic rings. The molecule has 184 valence electrons. The van der Waals surface area contributed by atoms with Gasteiger partial charge in [0.05, 0.1) is 16.8 Å². The molecule has 13 heteroatoms. The summed E-state index contributed by atoms with van der Waals surface area (Å²) in [4.78, 5) is 11.5. The van der Waals surface area contributed by atoms with Crippen LogP contribution < -0.4 is 13.8 Å². The second-order valence-corrected chi connectivity index (χ2v) is 14.4. The zero-order chi connectivity index (χ0) is 25.1. The second kappa shape index (κ2) is 9.05. The van der Waals surface area contributed by atoms with Gasteiger partial charge >= 0.3 is 11.9 Å². The number of carboxylic acids is 1. The topological polar surface area (TPSA) is 108 Å². The molecule has 4 heterocycles. The van der Waals surface area contributed by atoms with Gasteiger partial charge in [0, 0.05) is 28.8 Å². The van der Waals surface area contributed by atoms with E-state index < -0.39 is 21.5 Å². The summed E-state index contributed by atoms with van der Waals surface area (Å²) >= 11 is 9.92. The van der Waals surface area contributed by atoms with Crippen molar-refractivity contribution in [2.45, 2.75) is 31.7 Å². The van der Waals surface area contributed by atoms with E-state index in [1.807, 2.05) is 19.1 Å². The van der Waals surface area contributed by atoms with E-state index in [0.717, 1.165) is 28.4 Å². The molecular formula is C22H19Br2N2O6S3+. The van der Waals surface area contributed by atoms with Crippen molar-refractivity contribution in [3.05, 3.63) is 55.1 Å². The molecule has 2 aliphatic heterocycles. The standard InChI is InChI=1S/C22H18Br2N2O6S3/c1-2-12(7-18-25(11-21(27)28)14-10-17(24)33-22(14)34-18)8-19-26(6-5-20(26)35(29,30)31)15-9-13(23)3-4-16(15)32-19/h3-4,7-10,20H,2,5-6,11H2,1H3/p+1. The monoisotopic (exact) mass is 661 g/mol. The van der Waals surface area contributed by atoms with Crippen molar-refractivity contribution in [1.82, 2.24) is 4.48 Å². The number of quaternary nitrogens is 1. The Balaban J connectivity index is 1.64. The molecule has 35 heavy (non-hydrogen) atoms. The number of aromatic nitrogens is 1. The Morgan fingerprint density at radius 1 is 1.34 bits per heavy atom. The lowest BCUT2D eigenvalue weighted by molar-refractivity contribution is -0.657. The molecule has 0 radical (unpaired) electrons. The van der Waals surface area contributed by atoms with E-state index in [4.69, 9.17) is 4.74 Å². The molecule has 0 saturated carbocycles. The van der Waals surface area contributed by atoms with Gasteiger partial charge in [0.2, 0.25) is 12.1 Å². The van der Waals surface area contributed by atoms with Crippen LogP contribution >= 0.6 is 54.5 Å². The molecule has 1 fully saturated rings. The van der Waals surface area contributed by atoms with E-state index in [-0.39, 0.29) is 17.4 Å². The Kier molecular flexibility index (Phi) is 6.48. The van der Waals surface area contributed by atoms with Crippen molar-refractivity contribution in [3.8, 4) is 5.75 Å². The fourth-order valence-electron chi connectivity index (χ4n) is 4.57. The predicted octanol–water partition coefficient (Wildman–Crippen LogP) is 5.17. The first-order chi connectivity index (χ1) is 16.5. The smallest absolute Gasteiger partial charge is 0.370 e. The minimum atomic E-state index is -4.59. The number of ether oxygens (including phenoxy) is 1. The number of nitrogens with zero attached hydrogens (tertiary/aromatic N) is 2. The minimum Gasteiger partial charge on any atom is -0.743 e. The summed E-state index contributed by atoms with van der Waals surface area (Å²) < 4.78 is 46.9. The molecular weight excluding hydrogens is 644 g/mol. The quantitative estimate of drug-likeness (QED) is 0.222. The first-order valence-electron chi connectivity index (χ1n) is 10.6. The number of allylic oxidation sites excluding steroid dienone is 2. The fourth-order valence-corrected chi connectivity index (χ4v) is 9.36. The summed E-state index contributed by atoms with van der Waals surface area (Å²) in [7, 11) is -4.59. The summed E-state index contributed by atoms with van der Waals surface area (Å²) in [5.41, 5.74) is 2.30.